The van der Waals surface area contributed by atoms with Gasteiger partial charge in [-0.05, 0) is 37.0 Å². The van der Waals surface area contributed by atoms with E-state index < -0.39 is 0 Å². The maximum Gasteiger partial charge on any atom is 0.236 e. The van der Waals surface area contributed by atoms with Gasteiger partial charge in [0.25, 0.3) is 0 Å². The molecule has 0 aliphatic rings. The van der Waals surface area contributed by atoms with Crippen LogP contribution in [-0.2, 0) is 11.2 Å². The van der Waals surface area contributed by atoms with Crippen LogP contribution in [0.5, 0.6) is 5.75 Å². The predicted octanol–water partition coefficient (Wildman–Crippen LogP) is 2.23. The fourth-order valence-electron chi connectivity index (χ4n) is 2.13. The molecule has 1 amide bonds. The zero-order valence-electron chi connectivity index (χ0n) is 12.0. The zero-order chi connectivity index (χ0) is 14.4. The van der Waals surface area contributed by atoms with Crippen LogP contribution >= 0.6 is 0 Å². The van der Waals surface area contributed by atoms with E-state index in [1.54, 1.807) is 19.1 Å². The Bertz CT molecular complexity index is 480. The quantitative estimate of drug-likeness (QED) is 0.815. The third-order valence-corrected chi connectivity index (χ3v) is 3.12. The molecule has 0 fully saturated rings. The van der Waals surface area contributed by atoms with E-state index in [2.05, 4.69) is 12.1 Å². The number of rotatable bonds is 5. The Morgan fingerprint density at radius 2 is 1.95 bits per heavy atom. The molecule has 0 spiro atoms. The van der Waals surface area contributed by atoms with Crippen LogP contribution in [-0.4, -0.2) is 31.5 Å². The highest BCUT2D eigenvalue weighted by atomic mass is 16.5. The monoisotopic (exact) mass is 260 g/mol. The molecule has 0 saturated carbocycles. The Kier molecular flexibility index (Phi) is 5.37. The number of nitriles is 1. The third-order valence-electron chi connectivity index (χ3n) is 3.12. The van der Waals surface area contributed by atoms with Gasteiger partial charge in [-0.3, -0.25) is 4.79 Å². The fourth-order valence-corrected chi connectivity index (χ4v) is 2.13. The molecule has 102 valence electrons. The van der Waals surface area contributed by atoms with Crippen LogP contribution in [0.3, 0.4) is 0 Å². The number of methoxy groups -OCH3 is 1. The second-order valence-corrected chi connectivity index (χ2v) is 4.66. The molecule has 0 atom stereocenters. The smallest absolute Gasteiger partial charge is 0.236 e. The highest BCUT2D eigenvalue weighted by Crippen LogP contribution is 2.24. The van der Waals surface area contributed by atoms with Gasteiger partial charge in [0.2, 0.25) is 5.91 Å². The Labute approximate surface area is 114 Å². The molecule has 0 heterocycles. The van der Waals surface area contributed by atoms with Crippen molar-refractivity contribution in [2.75, 3.05) is 20.7 Å². The molecule has 0 radical (unpaired) electrons. The van der Waals surface area contributed by atoms with Crippen molar-refractivity contribution in [2.45, 2.75) is 26.7 Å². The molecule has 0 aliphatic heterocycles. The molecule has 1 aromatic carbocycles. The normalized spacial score (nSPS) is 9.84. The first-order valence-electron chi connectivity index (χ1n) is 6.24. The van der Waals surface area contributed by atoms with Crippen molar-refractivity contribution in [3.8, 4) is 11.8 Å². The SMILES string of the molecule is COc1c(C)cc(CCN(C)C(=O)CC#N)cc1C. The summed E-state index contributed by atoms with van der Waals surface area (Å²) in [6, 6.07) is 6.03. The van der Waals surface area contributed by atoms with E-state index in [9.17, 15) is 4.79 Å². The summed E-state index contributed by atoms with van der Waals surface area (Å²) in [6.45, 7) is 4.64. The molecule has 0 bridgehead atoms. The lowest BCUT2D eigenvalue weighted by Crippen LogP contribution is -2.28. The van der Waals surface area contributed by atoms with E-state index in [1.807, 2.05) is 19.9 Å². The fraction of sp³-hybridized carbons (Fsp3) is 0.467. The van der Waals surface area contributed by atoms with E-state index >= 15 is 0 Å². The molecule has 19 heavy (non-hydrogen) atoms. The largest absolute Gasteiger partial charge is 0.496 e. The number of aryl methyl sites for hydroxylation is 2. The van der Waals surface area contributed by atoms with Gasteiger partial charge in [0.1, 0.15) is 12.2 Å². The number of carbonyl (C=O) groups is 1. The second kappa shape index (κ2) is 6.79. The predicted molar refractivity (Wildman–Crippen MR) is 74.0 cm³/mol. The number of benzene rings is 1. The lowest BCUT2D eigenvalue weighted by molar-refractivity contribution is -0.128. The number of hydrogen-bond acceptors (Lipinski definition) is 3. The van der Waals surface area contributed by atoms with Crippen molar-refractivity contribution >= 4 is 5.91 Å². The highest BCUT2D eigenvalue weighted by Gasteiger charge is 2.09. The lowest BCUT2D eigenvalue weighted by atomic mass is 10.0. The molecule has 0 aromatic heterocycles. The third kappa shape index (κ3) is 3.99. The molecule has 1 rings (SSSR count). The minimum Gasteiger partial charge on any atom is -0.496 e. The van der Waals surface area contributed by atoms with Crippen LogP contribution < -0.4 is 4.74 Å². The van der Waals surface area contributed by atoms with Crippen LogP contribution in [0, 0.1) is 25.2 Å². The van der Waals surface area contributed by atoms with Gasteiger partial charge >= 0.3 is 0 Å². The van der Waals surface area contributed by atoms with E-state index in [0.717, 1.165) is 23.3 Å². The maximum absolute atomic E-state index is 11.5. The van der Waals surface area contributed by atoms with Gasteiger partial charge in [0, 0.05) is 13.6 Å². The topological polar surface area (TPSA) is 53.3 Å². The average Bonchev–Trinajstić information content (AvgIpc) is 2.36. The Morgan fingerprint density at radius 3 is 2.42 bits per heavy atom. The molecule has 0 unspecified atom stereocenters. The number of amides is 1. The summed E-state index contributed by atoms with van der Waals surface area (Å²) < 4.78 is 5.33. The summed E-state index contributed by atoms with van der Waals surface area (Å²) in [5.41, 5.74) is 3.37. The zero-order valence-corrected chi connectivity index (χ0v) is 12.0. The van der Waals surface area contributed by atoms with E-state index in [1.165, 1.54) is 5.56 Å². The molecule has 0 saturated heterocycles. The summed E-state index contributed by atoms with van der Waals surface area (Å²) in [6.07, 6.45) is 0.719. The molecule has 4 heteroatoms. The Hall–Kier alpha value is -2.02. The van der Waals surface area contributed by atoms with Crippen LogP contribution in [0.25, 0.3) is 0 Å². The maximum atomic E-state index is 11.5. The first-order valence-corrected chi connectivity index (χ1v) is 6.24. The highest BCUT2D eigenvalue weighted by molar-refractivity contribution is 5.77. The molecule has 4 nitrogen and oxygen atoms in total. The first kappa shape index (κ1) is 15.0. The molecule has 0 aliphatic carbocycles. The number of ether oxygens (including phenoxy) is 1. The van der Waals surface area contributed by atoms with Crippen molar-refractivity contribution in [3.63, 3.8) is 0 Å². The molecule has 1 aromatic rings. The van der Waals surface area contributed by atoms with Gasteiger partial charge in [-0.1, -0.05) is 12.1 Å². The van der Waals surface area contributed by atoms with Crippen molar-refractivity contribution in [1.29, 1.82) is 5.26 Å². The van der Waals surface area contributed by atoms with Gasteiger partial charge in [0.15, 0.2) is 0 Å². The summed E-state index contributed by atoms with van der Waals surface area (Å²) in [5.74, 6) is 0.780. The van der Waals surface area contributed by atoms with Gasteiger partial charge in [0.05, 0.1) is 13.2 Å². The van der Waals surface area contributed by atoms with Gasteiger partial charge in [-0.15, -0.1) is 0 Å². The summed E-state index contributed by atoms with van der Waals surface area (Å²) in [5, 5.41) is 8.49. The van der Waals surface area contributed by atoms with Crippen LogP contribution in [0.4, 0.5) is 0 Å². The standard InChI is InChI=1S/C15H20N2O2/c1-11-9-13(10-12(2)15(11)19-4)6-8-17(3)14(18)5-7-16/h9-10H,5-6,8H2,1-4H3. The Morgan fingerprint density at radius 1 is 1.37 bits per heavy atom. The molecular weight excluding hydrogens is 240 g/mol. The van der Waals surface area contributed by atoms with Crippen molar-refractivity contribution in [2.24, 2.45) is 0 Å². The van der Waals surface area contributed by atoms with Crippen LogP contribution in [0.1, 0.15) is 23.1 Å². The number of hydrogen-bond donors (Lipinski definition) is 0. The number of likely N-dealkylation sites (N-methyl/N-ethyl adjacent to an activating group) is 1. The minimum absolute atomic E-state index is 0.0584. The van der Waals surface area contributed by atoms with Crippen molar-refractivity contribution in [1.82, 2.24) is 4.90 Å². The van der Waals surface area contributed by atoms with Crippen molar-refractivity contribution < 1.29 is 9.53 Å². The number of nitrogens with zero attached hydrogens (tertiary/aromatic N) is 2. The van der Waals surface area contributed by atoms with Gasteiger partial charge in [-0.2, -0.15) is 5.26 Å². The number of carbonyl (C=O) groups excluding carboxylic acids is 1. The van der Waals surface area contributed by atoms with Crippen molar-refractivity contribution in [3.05, 3.63) is 28.8 Å². The summed E-state index contributed by atoms with van der Waals surface area (Å²) in [4.78, 5) is 13.1. The second-order valence-electron chi connectivity index (χ2n) is 4.66. The van der Waals surface area contributed by atoms with Gasteiger partial charge < -0.3 is 9.64 Å². The van der Waals surface area contributed by atoms with Gasteiger partial charge in [-0.25, -0.2) is 0 Å². The molecular formula is C15H20N2O2. The molecule has 0 N–H and O–H groups in total. The van der Waals surface area contributed by atoms with Crippen LogP contribution in [0.15, 0.2) is 12.1 Å². The van der Waals surface area contributed by atoms with E-state index in [0.29, 0.717) is 6.54 Å². The summed E-state index contributed by atoms with van der Waals surface area (Å²) >= 11 is 0. The van der Waals surface area contributed by atoms with E-state index in [4.69, 9.17) is 10.00 Å². The van der Waals surface area contributed by atoms with E-state index in [-0.39, 0.29) is 12.3 Å². The first-order chi connectivity index (χ1) is 8.99. The minimum atomic E-state index is -0.135. The lowest BCUT2D eigenvalue weighted by Gasteiger charge is -2.17. The van der Waals surface area contributed by atoms with Crippen LogP contribution in [0.2, 0.25) is 0 Å². The Balaban J connectivity index is 2.69. The average molecular weight is 260 g/mol. The summed E-state index contributed by atoms with van der Waals surface area (Å²) in [7, 11) is 3.40.